The van der Waals surface area contributed by atoms with E-state index in [0.29, 0.717) is 11.1 Å². The average molecular weight is 470 g/mol. The Bertz CT molecular complexity index is 1080. The number of hydrogen-bond acceptors (Lipinski definition) is 10. The molecule has 178 valence electrons. The van der Waals surface area contributed by atoms with Gasteiger partial charge in [-0.3, -0.25) is 19.2 Å². The Hall–Kier alpha value is -4.08. The van der Waals surface area contributed by atoms with Crippen LogP contribution in [0.5, 0.6) is 23.0 Å². The van der Waals surface area contributed by atoms with Crippen LogP contribution in [0, 0.1) is 11.8 Å². The first-order valence-electron chi connectivity index (χ1n) is 10.4. The van der Waals surface area contributed by atoms with Gasteiger partial charge in [0.25, 0.3) is 0 Å². The minimum atomic E-state index is -0.905. The number of rotatable bonds is 6. The molecule has 0 aliphatic carbocycles. The summed E-state index contributed by atoms with van der Waals surface area (Å²) in [6, 6.07) is 9.31. The lowest BCUT2D eigenvalue weighted by molar-refractivity contribution is -0.155. The van der Waals surface area contributed by atoms with Crippen molar-refractivity contribution in [1.82, 2.24) is 0 Å². The molecule has 0 bridgehead atoms. The fraction of sp³-hybridized carbons (Fsp3) is 0.333. The van der Waals surface area contributed by atoms with Crippen LogP contribution in [0.25, 0.3) is 0 Å². The summed E-state index contributed by atoms with van der Waals surface area (Å²) in [4.78, 5) is 48.3. The molecule has 2 fully saturated rings. The van der Waals surface area contributed by atoms with Crippen molar-refractivity contribution in [2.45, 2.75) is 26.1 Å². The fourth-order valence-electron chi connectivity index (χ4n) is 4.22. The molecule has 0 N–H and O–H groups in total. The van der Waals surface area contributed by atoms with Crippen LogP contribution in [-0.4, -0.2) is 38.1 Å². The normalized spacial score (nSPS) is 22.9. The molecule has 2 aliphatic heterocycles. The van der Waals surface area contributed by atoms with Gasteiger partial charge in [-0.05, 0) is 35.4 Å². The van der Waals surface area contributed by atoms with Gasteiger partial charge < -0.3 is 28.4 Å². The van der Waals surface area contributed by atoms with Crippen LogP contribution in [-0.2, 0) is 28.7 Å². The summed E-state index contributed by atoms with van der Waals surface area (Å²) in [5, 5.41) is 0. The molecule has 4 unspecified atom stereocenters. The van der Waals surface area contributed by atoms with E-state index in [-0.39, 0.29) is 23.0 Å². The van der Waals surface area contributed by atoms with E-state index >= 15 is 0 Å². The van der Waals surface area contributed by atoms with E-state index < -0.39 is 47.9 Å². The van der Waals surface area contributed by atoms with E-state index in [1.54, 1.807) is 24.3 Å². The van der Waals surface area contributed by atoms with Gasteiger partial charge in [0, 0.05) is 13.8 Å². The second-order valence-corrected chi connectivity index (χ2v) is 7.77. The highest BCUT2D eigenvalue weighted by atomic mass is 16.6. The Morgan fingerprint density at radius 2 is 1.06 bits per heavy atom. The molecule has 4 rings (SSSR count). The summed E-state index contributed by atoms with van der Waals surface area (Å²) >= 11 is 0. The first-order chi connectivity index (χ1) is 16.2. The van der Waals surface area contributed by atoms with Gasteiger partial charge in [-0.1, -0.05) is 12.1 Å². The van der Waals surface area contributed by atoms with Crippen LogP contribution in [0.2, 0.25) is 0 Å². The number of esters is 4. The van der Waals surface area contributed by atoms with Gasteiger partial charge in [0.05, 0.1) is 14.2 Å². The van der Waals surface area contributed by atoms with Gasteiger partial charge in [0.1, 0.15) is 24.0 Å². The van der Waals surface area contributed by atoms with Crippen molar-refractivity contribution in [2.75, 3.05) is 14.2 Å². The largest absolute Gasteiger partial charge is 0.493 e. The maximum absolute atomic E-state index is 12.8. The Morgan fingerprint density at radius 3 is 1.38 bits per heavy atom. The predicted molar refractivity (Wildman–Crippen MR) is 113 cm³/mol. The molecular weight excluding hydrogens is 448 g/mol. The standard InChI is InChI=1S/C24H22O10/c1-11(25)31-15-7-5-13(9-17(15)29-3)21-19-20(24(28)33-21)22(34-23(19)27)14-6-8-16(32-12(2)26)18(10-14)30-4/h5-10,19-22H,1-4H3. The maximum Gasteiger partial charge on any atom is 0.314 e. The van der Waals surface area contributed by atoms with Gasteiger partial charge in [-0.2, -0.15) is 0 Å². The zero-order valence-electron chi connectivity index (χ0n) is 18.9. The molecule has 0 spiro atoms. The average Bonchev–Trinajstić information content (AvgIpc) is 3.32. The molecule has 34 heavy (non-hydrogen) atoms. The zero-order chi connectivity index (χ0) is 24.6. The van der Waals surface area contributed by atoms with Crippen molar-refractivity contribution in [3.63, 3.8) is 0 Å². The first-order valence-corrected chi connectivity index (χ1v) is 10.4. The lowest BCUT2D eigenvalue weighted by Gasteiger charge is -2.17. The molecule has 0 saturated carbocycles. The second kappa shape index (κ2) is 9.05. The summed E-state index contributed by atoms with van der Waals surface area (Å²) in [6.45, 7) is 2.53. The van der Waals surface area contributed by atoms with Crippen molar-refractivity contribution >= 4 is 23.9 Å². The van der Waals surface area contributed by atoms with Crippen LogP contribution >= 0.6 is 0 Å². The molecule has 4 atom stereocenters. The molecule has 10 heteroatoms. The molecule has 0 radical (unpaired) electrons. The number of fused-ring (bicyclic) bond motifs is 1. The Labute approximate surface area is 194 Å². The summed E-state index contributed by atoms with van der Waals surface area (Å²) in [5.41, 5.74) is 0.989. The van der Waals surface area contributed by atoms with Gasteiger partial charge in [0.15, 0.2) is 23.0 Å². The minimum Gasteiger partial charge on any atom is -0.493 e. The van der Waals surface area contributed by atoms with E-state index in [4.69, 9.17) is 28.4 Å². The summed E-state index contributed by atoms with van der Waals surface area (Å²) in [6.07, 6.45) is -1.81. The third-order valence-electron chi connectivity index (χ3n) is 5.61. The molecule has 2 aromatic rings. The van der Waals surface area contributed by atoms with E-state index in [1.807, 2.05) is 0 Å². The highest BCUT2D eigenvalue weighted by molar-refractivity contribution is 5.90. The predicted octanol–water partition coefficient (Wildman–Crippen LogP) is 2.68. The van der Waals surface area contributed by atoms with Crippen LogP contribution in [0.1, 0.15) is 37.2 Å². The molecule has 10 nitrogen and oxygen atoms in total. The smallest absolute Gasteiger partial charge is 0.314 e. The summed E-state index contributed by atoms with van der Waals surface area (Å²) in [5.74, 6) is -3.08. The minimum absolute atomic E-state index is 0.200. The highest BCUT2D eigenvalue weighted by Gasteiger charge is 2.60. The van der Waals surface area contributed by atoms with Crippen LogP contribution in [0.4, 0.5) is 0 Å². The number of ether oxygens (including phenoxy) is 6. The second-order valence-electron chi connectivity index (χ2n) is 7.77. The van der Waals surface area contributed by atoms with Gasteiger partial charge in [-0.15, -0.1) is 0 Å². The van der Waals surface area contributed by atoms with Gasteiger partial charge >= 0.3 is 23.9 Å². The summed E-state index contributed by atoms with van der Waals surface area (Å²) in [7, 11) is 2.81. The third-order valence-corrected chi connectivity index (χ3v) is 5.61. The molecule has 2 heterocycles. The molecule has 2 saturated heterocycles. The third kappa shape index (κ3) is 4.14. The Morgan fingerprint density at radius 1 is 0.676 bits per heavy atom. The van der Waals surface area contributed by atoms with E-state index in [0.717, 1.165) is 0 Å². The van der Waals surface area contributed by atoms with Gasteiger partial charge in [-0.25, -0.2) is 0 Å². The number of carbonyl (C=O) groups is 4. The number of methoxy groups -OCH3 is 2. The van der Waals surface area contributed by atoms with Gasteiger partial charge in [0.2, 0.25) is 0 Å². The van der Waals surface area contributed by atoms with Crippen molar-refractivity contribution in [1.29, 1.82) is 0 Å². The van der Waals surface area contributed by atoms with Crippen LogP contribution in [0.15, 0.2) is 36.4 Å². The fourth-order valence-corrected chi connectivity index (χ4v) is 4.22. The number of carbonyl (C=O) groups excluding carboxylic acids is 4. The topological polar surface area (TPSA) is 124 Å². The van der Waals surface area contributed by atoms with Crippen LogP contribution < -0.4 is 18.9 Å². The molecule has 2 aliphatic rings. The number of cyclic esters (lactones) is 2. The Balaban J connectivity index is 1.64. The molecule has 0 amide bonds. The molecule has 0 aromatic heterocycles. The van der Waals surface area contributed by atoms with Crippen LogP contribution in [0.3, 0.4) is 0 Å². The Kier molecular flexibility index (Phi) is 6.14. The highest BCUT2D eigenvalue weighted by Crippen LogP contribution is 2.52. The zero-order valence-corrected chi connectivity index (χ0v) is 18.9. The van der Waals surface area contributed by atoms with E-state index in [2.05, 4.69) is 0 Å². The monoisotopic (exact) mass is 470 g/mol. The lowest BCUT2D eigenvalue weighted by atomic mass is 9.84. The number of benzene rings is 2. The lowest BCUT2D eigenvalue weighted by Crippen LogP contribution is -2.19. The molecule has 2 aromatic carbocycles. The van der Waals surface area contributed by atoms with Crippen molar-refractivity contribution < 1.29 is 47.6 Å². The molecular formula is C24H22O10. The maximum atomic E-state index is 12.8. The summed E-state index contributed by atoms with van der Waals surface area (Å²) < 4.78 is 32.0. The van der Waals surface area contributed by atoms with Crippen molar-refractivity contribution in [2.24, 2.45) is 11.8 Å². The van der Waals surface area contributed by atoms with E-state index in [9.17, 15) is 19.2 Å². The van der Waals surface area contributed by atoms with Crippen molar-refractivity contribution in [3.8, 4) is 23.0 Å². The van der Waals surface area contributed by atoms with Crippen molar-refractivity contribution in [3.05, 3.63) is 47.5 Å². The van der Waals surface area contributed by atoms with E-state index in [1.165, 1.54) is 40.2 Å². The number of hydrogen-bond donors (Lipinski definition) is 0. The quantitative estimate of drug-likeness (QED) is 0.460. The SMILES string of the molecule is COc1cc(C2OC(=O)C3C(c4ccc(OC(C)=O)c(OC)c4)OC(=O)C23)ccc1OC(C)=O. The first kappa shape index (κ1) is 23.1.